The molecule has 4 heteroatoms. The molecule has 4 nitrogen and oxygen atoms in total. The van der Waals surface area contributed by atoms with Gasteiger partial charge in [-0.15, -0.1) is 0 Å². The van der Waals surface area contributed by atoms with Gasteiger partial charge < -0.3 is 5.11 Å². The molecule has 2 atom stereocenters. The van der Waals surface area contributed by atoms with E-state index in [1.807, 2.05) is 19.4 Å². The number of likely N-dealkylation sites (N-methyl/N-ethyl adjacent to an activating group) is 1. The first kappa shape index (κ1) is 9.68. The third-order valence-corrected chi connectivity index (χ3v) is 2.96. The Morgan fingerprint density at radius 2 is 2.43 bits per heavy atom. The molecule has 1 aliphatic carbocycles. The lowest BCUT2D eigenvalue weighted by molar-refractivity contribution is -0.0130. The second-order valence-electron chi connectivity index (χ2n) is 4.15. The molecule has 1 saturated carbocycles. The number of rotatable bonds is 3. The number of hydrogen-bond acceptors (Lipinski definition) is 3. The lowest BCUT2D eigenvalue weighted by atomic mass is 9.88. The van der Waals surface area contributed by atoms with E-state index in [0.717, 1.165) is 19.4 Å². The Labute approximate surface area is 84.1 Å². The molecule has 2 rings (SSSR count). The zero-order valence-electron chi connectivity index (χ0n) is 8.72. The van der Waals surface area contributed by atoms with Gasteiger partial charge in [-0.3, -0.25) is 9.58 Å². The highest BCUT2D eigenvalue weighted by Crippen LogP contribution is 2.25. The van der Waals surface area contributed by atoms with Crippen LogP contribution in [0.25, 0.3) is 0 Å². The molecule has 0 aromatic carbocycles. The van der Waals surface area contributed by atoms with Crippen LogP contribution in [-0.4, -0.2) is 39.0 Å². The van der Waals surface area contributed by atoms with E-state index in [0.29, 0.717) is 6.04 Å². The van der Waals surface area contributed by atoms with E-state index in [2.05, 4.69) is 17.0 Å². The summed E-state index contributed by atoms with van der Waals surface area (Å²) in [7, 11) is 3.97. The minimum Gasteiger partial charge on any atom is -0.391 e. The number of hydrogen-bond donors (Lipinski definition) is 1. The summed E-state index contributed by atoms with van der Waals surface area (Å²) in [5, 5.41) is 13.6. The maximum Gasteiger partial charge on any atom is 0.0696 e. The van der Waals surface area contributed by atoms with Crippen LogP contribution in [0.5, 0.6) is 0 Å². The van der Waals surface area contributed by atoms with E-state index in [1.165, 1.54) is 5.56 Å². The van der Waals surface area contributed by atoms with Crippen LogP contribution < -0.4 is 0 Å². The smallest absolute Gasteiger partial charge is 0.0696 e. The summed E-state index contributed by atoms with van der Waals surface area (Å²) in [5.41, 5.74) is 1.20. The van der Waals surface area contributed by atoms with Crippen LogP contribution in [-0.2, 0) is 13.6 Å². The van der Waals surface area contributed by atoms with Gasteiger partial charge in [-0.2, -0.15) is 5.10 Å². The first-order chi connectivity index (χ1) is 6.66. The molecule has 0 aliphatic heterocycles. The number of nitrogens with zero attached hydrogens (tertiary/aromatic N) is 3. The van der Waals surface area contributed by atoms with Crippen molar-refractivity contribution in [3.05, 3.63) is 18.0 Å². The molecule has 14 heavy (non-hydrogen) atoms. The Morgan fingerprint density at radius 3 is 2.86 bits per heavy atom. The quantitative estimate of drug-likeness (QED) is 0.758. The van der Waals surface area contributed by atoms with Crippen LogP contribution in [0.1, 0.15) is 18.4 Å². The zero-order chi connectivity index (χ0) is 10.1. The van der Waals surface area contributed by atoms with Gasteiger partial charge in [0.2, 0.25) is 0 Å². The van der Waals surface area contributed by atoms with Gasteiger partial charge in [0.15, 0.2) is 0 Å². The third kappa shape index (κ3) is 1.81. The van der Waals surface area contributed by atoms with Crippen molar-refractivity contribution >= 4 is 0 Å². The molecule has 1 heterocycles. The highest BCUT2D eigenvalue weighted by atomic mass is 16.3. The second-order valence-corrected chi connectivity index (χ2v) is 4.15. The van der Waals surface area contributed by atoms with Crippen LogP contribution in [0.4, 0.5) is 0 Å². The van der Waals surface area contributed by atoms with Gasteiger partial charge in [-0.25, -0.2) is 0 Å². The van der Waals surface area contributed by atoms with Gasteiger partial charge in [-0.1, -0.05) is 0 Å². The van der Waals surface area contributed by atoms with Crippen molar-refractivity contribution in [3.63, 3.8) is 0 Å². The molecule has 1 N–H and O–H groups in total. The minimum absolute atomic E-state index is 0.128. The highest BCUT2D eigenvalue weighted by Gasteiger charge is 2.31. The summed E-state index contributed by atoms with van der Waals surface area (Å²) < 4.78 is 1.81. The number of aryl methyl sites for hydroxylation is 1. The number of aliphatic hydroxyl groups is 1. The van der Waals surface area contributed by atoms with E-state index in [4.69, 9.17) is 0 Å². The Hall–Kier alpha value is -0.870. The zero-order valence-corrected chi connectivity index (χ0v) is 8.72. The first-order valence-electron chi connectivity index (χ1n) is 5.02. The molecular formula is C10H17N3O. The molecule has 1 fully saturated rings. The second kappa shape index (κ2) is 3.71. The highest BCUT2D eigenvalue weighted by molar-refractivity contribution is 5.04. The fourth-order valence-corrected chi connectivity index (χ4v) is 1.94. The van der Waals surface area contributed by atoms with E-state index in [1.54, 1.807) is 4.68 Å². The number of aliphatic hydroxyl groups excluding tert-OH is 1. The summed E-state index contributed by atoms with van der Waals surface area (Å²) in [6.07, 6.45) is 5.82. The standard InChI is InChI=1S/C10H17N3O/c1-12(9-3-4-10(9)14)6-8-5-11-13(2)7-8/h5,7,9-10,14H,3-4,6H2,1-2H3. The van der Waals surface area contributed by atoms with Gasteiger partial charge >= 0.3 is 0 Å². The summed E-state index contributed by atoms with van der Waals surface area (Å²) in [4.78, 5) is 2.20. The SMILES string of the molecule is CN(Cc1cnn(C)c1)C1CCC1O. The van der Waals surface area contributed by atoms with Crippen molar-refractivity contribution < 1.29 is 5.11 Å². The Kier molecular flexibility index (Phi) is 2.56. The van der Waals surface area contributed by atoms with Gasteiger partial charge in [0.25, 0.3) is 0 Å². The normalized spacial score (nSPS) is 26.6. The third-order valence-electron chi connectivity index (χ3n) is 2.96. The molecule has 1 aromatic heterocycles. The fraction of sp³-hybridized carbons (Fsp3) is 0.700. The van der Waals surface area contributed by atoms with Crippen molar-refractivity contribution in [2.75, 3.05) is 7.05 Å². The fourth-order valence-electron chi connectivity index (χ4n) is 1.94. The molecule has 0 saturated heterocycles. The maximum atomic E-state index is 9.50. The Balaban J connectivity index is 1.91. The molecule has 0 amide bonds. The van der Waals surface area contributed by atoms with Crippen molar-refractivity contribution in [2.24, 2.45) is 7.05 Å². The lowest BCUT2D eigenvalue weighted by Crippen LogP contribution is -2.48. The average molecular weight is 195 g/mol. The molecule has 0 radical (unpaired) electrons. The van der Waals surface area contributed by atoms with Crippen molar-refractivity contribution in [1.29, 1.82) is 0 Å². The van der Waals surface area contributed by atoms with E-state index in [9.17, 15) is 5.11 Å². The summed E-state index contributed by atoms with van der Waals surface area (Å²) >= 11 is 0. The van der Waals surface area contributed by atoms with Crippen LogP contribution in [0.2, 0.25) is 0 Å². The van der Waals surface area contributed by atoms with Gasteiger partial charge in [0.1, 0.15) is 0 Å². The van der Waals surface area contributed by atoms with Crippen LogP contribution >= 0.6 is 0 Å². The van der Waals surface area contributed by atoms with Crippen molar-refractivity contribution in [1.82, 2.24) is 14.7 Å². The largest absolute Gasteiger partial charge is 0.391 e. The van der Waals surface area contributed by atoms with E-state index in [-0.39, 0.29) is 6.10 Å². The summed E-state index contributed by atoms with van der Waals surface area (Å²) in [6.45, 7) is 0.871. The Bertz CT molecular complexity index is 310. The molecule has 1 aromatic rings. The molecule has 2 unspecified atom stereocenters. The van der Waals surface area contributed by atoms with Crippen molar-refractivity contribution in [2.45, 2.75) is 31.5 Å². The molecule has 1 aliphatic rings. The minimum atomic E-state index is -0.128. The van der Waals surface area contributed by atoms with Crippen LogP contribution in [0, 0.1) is 0 Å². The van der Waals surface area contributed by atoms with Crippen molar-refractivity contribution in [3.8, 4) is 0 Å². The monoisotopic (exact) mass is 195 g/mol. The van der Waals surface area contributed by atoms with E-state index >= 15 is 0 Å². The first-order valence-corrected chi connectivity index (χ1v) is 5.02. The van der Waals surface area contributed by atoms with E-state index < -0.39 is 0 Å². The van der Waals surface area contributed by atoms with Crippen LogP contribution in [0.15, 0.2) is 12.4 Å². The molecule has 0 bridgehead atoms. The topological polar surface area (TPSA) is 41.3 Å². The number of aromatic nitrogens is 2. The predicted octanol–water partition coefficient (Wildman–Crippen LogP) is 0.375. The lowest BCUT2D eigenvalue weighted by Gasteiger charge is -2.39. The van der Waals surface area contributed by atoms with Gasteiger partial charge in [-0.05, 0) is 19.9 Å². The van der Waals surface area contributed by atoms with Crippen LogP contribution in [0.3, 0.4) is 0 Å². The van der Waals surface area contributed by atoms with Gasteiger partial charge in [0, 0.05) is 31.4 Å². The predicted molar refractivity (Wildman–Crippen MR) is 53.7 cm³/mol. The molecular weight excluding hydrogens is 178 g/mol. The summed E-state index contributed by atoms with van der Waals surface area (Å²) in [5.74, 6) is 0. The Morgan fingerprint density at radius 1 is 1.64 bits per heavy atom. The maximum absolute atomic E-state index is 9.50. The molecule has 0 spiro atoms. The molecule has 78 valence electrons. The average Bonchev–Trinajstić information content (AvgIpc) is 2.48. The van der Waals surface area contributed by atoms with Gasteiger partial charge in [0.05, 0.1) is 12.3 Å². The summed E-state index contributed by atoms with van der Waals surface area (Å²) in [6, 6.07) is 0.343.